The van der Waals surface area contributed by atoms with Gasteiger partial charge in [0, 0.05) is 60.2 Å². The number of benzene rings is 1. The number of carbonyl (C=O) groups excluding carboxylic acids is 2. The molecule has 1 aromatic carbocycles. The van der Waals surface area contributed by atoms with Crippen molar-refractivity contribution in [1.82, 2.24) is 14.3 Å². The molecule has 2 aliphatic rings. The summed E-state index contributed by atoms with van der Waals surface area (Å²) in [6.07, 6.45) is 1.85. The molecule has 1 amide bonds. The van der Waals surface area contributed by atoms with Gasteiger partial charge in [0.1, 0.15) is 5.82 Å². The van der Waals surface area contributed by atoms with E-state index in [1.54, 1.807) is 12.1 Å². The molecule has 35 heavy (non-hydrogen) atoms. The molecule has 0 bridgehead atoms. The first kappa shape index (κ1) is 25.7. The Hall–Kier alpha value is -2.40. The summed E-state index contributed by atoms with van der Waals surface area (Å²) >= 11 is 2.80. The van der Waals surface area contributed by atoms with Gasteiger partial charge in [-0.05, 0) is 31.0 Å². The fourth-order valence-corrected chi connectivity index (χ4v) is 5.99. The molecule has 0 saturated carbocycles. The molecule has 0 spiro atoms. The van der Waals surface area contributed by atoms with Gasteiger partial charge in [0.15, 0.2) is 17.7 Å². The molecule has 3 heterocycles. The van der Waals surface area contributed by atoms with E-state index in [2.05, 4.69) is 32.8 Å². The van der Waals surface area contributed by atoms with Crippen molar-refractivity contribution in [1.29, 1.82) is 0 Å². The lowest BCUT2D eigenvalue weighted by Crippen LogP contribution is -2.47. The molecule has 1 unspecified atom stereocenters. The van der Waals surface area contributed by atoms with Crippen LogP contribution in [-0.2, 0) is 14.3 Å². The number of ether oxygens (including phenoxy) is 2. The summed E-state index contributed by atoms with van der Waals surface area (Å²) in [6, 6.07) is 4.83. The summed E-state index contributed by atoms with van der Waals surface area (Å²) in [6.45, 7) is 6.45. The van der Waals surface area contributed by atoms with E-state index in [0.29, 0.717) is 29.5 Å². The molecule has 4 rings (SSSR count). The molecule has 2 aromatic rings. The Morgan fingerprint density at radius 1 is 1.26 bits per heavy atom. The maximum atomic E-state index is 14.6. The number of thioether (sulfide) groups is 1. The predicted octanol–water partition coefficient (Wildman–Crippen LogP) is 4.10. The van der Waals surface area contributed by atoms with E-state index in [1.807, 2.05) is 4.90 Å². The highest BCUT2D eigenvalue weighted by Gasteiger charge is 2.39. The average Bonchev–Trinajstić information content (AvgIpc) is 3.48. The maximum Gasteiger partial charge on any atom is 0.306 e. The highest BCUT2D eigenvalue weighted by atomic mass is 32.2. The zero-order valence-corrected chi connectivity index (χ0v) is 21.9. The van der Waals surface area contributed by atoms with Gasteiger partial charge in [-0.1, -0.05) is 13.8 Å². The first-order chi connectivity index (χ1) is 16.9. The third-order valence-corrected chi connectivity index (χ3v) is 8.08. The largest absolute Gasteiger partial charge is 0.477 e. The summed E-state index contributed by atoms with van der Waals surface area (Å²) in [5.74, 6) is 0.884. The van der Waals surface area contributed by atoms with Gasteiger partial charge in [0.05, 0.1) is 13.5 Å². The summed E-state index contributed by atoms with van der Waals surface area (Å²) in [5.41, 5.74) is 0. The van der Waals surface area contributed by atoms with E-state index in [9.17, 15) is 14.0 Å². The lowest BCUT2D eigenvalue weighted by atomic mass is 10.0. The number of hydrogen-bond acceptors (Lipinski definition) is 9. The van der Waals surface area contributed by atoms with Crippen LogP contribution in [0.2, 0.25) is 0 Å². The predicted molar refractivity (Wildman–Crippen MR) is 134 cm³/mol. The van der Waals surface area contributed by atoms with Gasteiger partial charge in [-0.15, -0.1) is 11.8 Å². The molecule has 2 fully saturated rings. The number of amides is 1. The number of halogens is 1. The molecule has 1 aromatic heterocycles. The monoisotopic (exact) mass is 522 g/mol. The quantitative estimate of drug-likeness (QED) is 0.360. The first-order valence-electron chi connectivity index (χ1n) is 11.9. The minimum Gasteiger partial charge on any atom is -0.477 e. The summed E-state index contributed by atoms with van der Waals surface area (Å²) in [5, 5.41) is 0.948. The SMILES string of the molecule is COC(=O)CCSc1ccc(OC2CCN(C3CCN(c4nc(C(C)C)ns4)CC3)C2=O)c(F)c1. The van der Waals surface area contributed by atoms with Crippen molar-refractivity contribution >= 4 is 40.3 Å². The third kappa shape index (κ3) is 6.24. The lowest BCUT2D eigenvalue weighted by Gasteiger charge is -2.36. The Morgan fingerprint density at radius 3 is 2.69 bits per heavy atom. The van der Waals surface area contributed by atoms with Crippen molar-refractivity contribution in [2.24, 2.45) is 0 Å². The number of rotatable bonds is 9. The molecule has 190 valence electrons. The van der Waals surface area contributed by atoms with Crippen molar-refractivity contribution in [3.8, 4) is 5.75 Å². The van der Waals surface area contributed by atoms with E-state index < -0.39 is 11.9 Å². The number of hydrogen-bond donors (Lipinski definition) is 0. The summed E-state index contributed by atoms with van der Waals surface area (Å²) in [4.78, 5) is 33.8. The van der Waals surface area contributed by atoms with E-state index >= 15 is 0 Å². The maximum absolute atomic E-state index is 14.6. The van der Waals surface area contributed by atoms with Crippen LogP contribution in [0.1, 0.15) is 51.3 Å². The van der Waals surface area contributed by atoms with Gasteiger partial charge in [-0.3, -0.25) is 9.59 Å². The highest BCUT2D eigenvalue weighted by Crippen LogP contribution is 2.31. The molecule has 8 nitrogen and oxygen atoms in total. The second-order valence-corrected chi connectivity index (χ2v) is 10.9. The van der Waals surface area contributed by atoms with Gasteiger partial charge in [-0.25, -0.2) is 9.37 Å². The van der Waals surface area contributed by atoms with Crippen LogP contribution in [0.4, 0.5) is 9.52 Å². The number of methoxy groups -OCH3 is 1. The van der Waals surface area contributed by atoms with Crippen LogP contribution in [0, 0.1) is 5.82 Å². The highest BCUT2D eigenvalue weighted by molar-refractivity contribution is 7.99. The van der Waals surface area contributed by atoms with Crippen molar-refractivity contribution in [3.63, 3.8) is 0 Å². The fourth-order valence-electron chi connectivity index (χ4n) is 4.28. The van der Waals surface area contributed by atoms with Gasteiger partial charge in [-0.2, -0.15) is 4.37 Å². The van der Waals surface area contributed by atoms with Crippen molar-refractivity contribution < 1.29 is 23.5 Å². The van der Waals surface area contributed by atoms with Gasteiger partial charge >= 0.3 is 5.97 Å². The Bertz CT molecular complexity index is 1040. The Balaban J connectivity index is 1.27. The molecule has 0 N–H and O–H groups in total. The van der Waals surface area contributed by atoms with Crippen molar-refractivity contribution in [2.75, 3.05) is 37.4 Å². The topological polar surface area (TPSA) is 84.9 Å². The lowest BCUT2D eigenvalue weighted by molar-refractivity contribution is -0.140. The first-order valence-corrected chi connectivity index (χ1v) is 13.7. The number of anilines is 1. The zero-order chi connectivity index (χ0) is 24.9. The van der Waals surface area contributed by atoms with Crippen LogP contribution in [0.15, 0.2) is 23.1 Å². The fraction of sp³-hybridized carbons (Fsp3) is 0.583. The number of aromatic nitrogens is 2. The van der Waals surface area contributed by atoms with E-state index in [4.69, 9.17) is 4.74 Å². The van der Waals surface area contributed by atoms with Gasteiger partial charge in [0.25, 0.3) is 5.91 Å². The molecule has 11 heteroatoms. The number of piperidine rings is 1. The Kier molecular flexibility index (Phi) is 8.48. The van der Waals surface area contributed by atoms with E-state index in [-0.39, 0.29) is 30.1 Å². The molecular weight excluding hydrogens is 491 g/mol. The Morgan fingerprint density at radius 2 is 2.03 bits per heavy atom. The second-order valence-electron chi connectivity index (χ2n) is 9.00. The van der Waals surface area contributed by atoms with Crippen LogP contribution in [0.3, 0.4) is 0 Å². The standard InChI is InChI=1S/C24H31FN4O4S2/c1-15(2)22-26-24(35-27-22)28-10-6-16(7-11-28)29-12-8-20(23(29)31)33-19-5-4-17(14-18(19)25)34-13-9-21(30)32-3/h4-5,14-16,20H,6-13H2,1-3H3. The minimum absolute atomic E-state index is 0.0719. The number of carbonyl (C=O) groups is 2. The smallest absolute Gasteiger partial charge is 0.306 e. The number of nitrogens with zero attached hydrogens (tertiary/aromatic N) is 4. The van der Waals surface area contributed by atoms with Crippen LogP contribution in [-0.4, -0.2) is 70.8 Å². The molecule has 1 atom stereocenters. The van der Waals surface area contributed by atoms with Crippen LogP contribution in [0.25, 0.3) is 0 Å². The molecule has 0 radical (unpaired) electrons. The van der Waals surface area contributed by atoms with Gasteiger partial charge < -0.3 is 19.3 Å². The number of likely N-dealkylation sites (tertiary alicyclic amines) is 1. The zero-order valence-electron chi connectivity index (χ0n) is 20.2. The molecular formula is C24H31FN4O4S2. The molecule has 0 aliphatic carbocycles. The minimum atomic E-state index is -0.669. The average molecular weight is 523 g/mol. The molecule has 2 aliphatic heterocycles. The third-order valence-electron chi connectivity index (χ3n) is 6.29. The van der Waals surface area contributed by atoms with Crippen LogP contribution >= 0.6 is 23.3 Å². The number of esters is 1. The Labute approximate surface area is 213 Å². The summed E-state index contributed by atoms with van der Waals surface area (Å²) < 4.78 is 29.5. The second kappa shape index (κ2) is 11.6. The van der Waals surface area contributed by atoms with Crippen molar-refractivity contribution in [2.45, 2.75) is 62.5 Å². The van der Waals surface area contributed by atoms with Crippen molar-refractivity contribution in [3.05, 3.63) is 29.8 Å². The molecule has 2 saturated heterocycles. The summed E-state index contributed by atoms with van der Waals surface area (Å²) in [7, 11) is 1.34. The van der Waals surface area contributed by atoms with E-state index in [1.165, 1.54) is 36.5 Å². The van der Waals surface area contributed by atoms with Crippen LogP contribution in [0.5, 0.6) is 5.75 Å². The van der Waals surface area contributed by atoms with E-state index in [0.717, 1.165) is 36.9 Å². The van der Waals surface area contributed by atoms with Gasteiger partial charge in [0.2, 0.25) is 5.13 Å². The van der Waals surface area contributed by atoms with Crippen LogP contribution < -0.4 is 9.64 Å². The normalized spacial score (nSPS) is 19.0.